The van der Waals surface area contributed by atoms with Crippen LogP contribution >= 0.6 is 11.3 Å². The van der Waals surface area contributed by atoms with Crippen LogP contribution in [0.5, 0.6) is 0 Å². The number of hydrogen-bond acceptors (Lipinski definition) is 5. The number of hydrogen-bond donors (Lipinski definition) is 1. The van der Waals surface area contributed by atoms with Gasteiger partial charge in [-0.15, -0.1) is 11.3 Å². The second-order valence-electron chi connectivity index (χ2n) is 4.41. The molecule has 5 nitrogen and oxygen atoms in total. The van der Waals surface area contributed by atoms with Gasteiger partial charge in [0.1, 0.15) is 0 Å². The van der Waals surface area contributed by atoms with Crippen LogP contribution in [-0.4, -0.2) is 40.8 Å². The molecule has 1 aliphatic heterocycles. The second-order valence-corrected chi connectivity index (χ2v) is 5.34. The summed E-state index contributed by atoms with van der Waals surface area (Å²) in [6, 6.07) is -0.361. The molecule has 0 bridgehead atoms. The molecule has 6 heteroatoms. The van der Waals surface area contributed by atoms with Crippen LogP contribution in [0.4, 0.5) is 0 Å². The predicted molar refractivity (Wildman–Crippen MR) is 69.3 cm³/mol. The van der Waals surface area contributed by atoms with Crippen molar-refractivity contribution in [3.63, 3.8) is 0 Å². The van der Waals surface area contributed by atoms with Gasteiger partial charge in [-0.3, -0.25) is 14.5 Å². The lowest BCUT2D eigenvalue weighted by Crippen LogP contribution is -2.40. The van der Waals surface area contributed by atoms with Crippen molar-refractivity contribution in [3.8, 4) is 0 Å². The summed E-state index contributed by atoms with van der Waals surface area (Å²) in [6.45, 7) is 4.99. The van der Waals surface area contributed by atoms with Crippen LogP contribution in [0.15, 0.2) is 11.6 Å². The van der Waals surface area contributed by atoms with Gasteiger partial charge < -0.3 is 5.32 Å². The van der Waals surface area contributed by atoms with Crippen molar-refractivity contribution in [2.75, 3.05) is 13.1 Å². The molecule has 2 rings (SSSR count). The van der Waals surface area contributed by atoms with E-state index in [9.17, 15) is 9.59 Å². The van der Waals surface area contributed by atoms with E-state index in [1.165, 1.54) is 4.90 Å². The Morgan fingerprint density at radius 1 is 1.61 bits per heavy atom. The van der Waals surface area contributed by atoms with Crippen LogP contribution in [0.1, 0.15) is 31.2 Å². The van der Waals surface area contributed by atoms with E-state index < -0.39 is 0 Å². The molecule has 2 amide bonds. The van der Waals surface area contributed by atoms with Crippen LogP contribution in [0, 0.1) is 0 Å². The van der Waals surface area contributed by atoms with E-state index in [1.807, 2.05) is 12.3 Å². The van der Waals surface area contributed by atoms with E-state index in [1.54, 1.807) is 17.5 Å². The number of amides is 2. The largest absolute Gasteiger partial charge is 0.305 e. The first kappa shape index (κ1) is 13.2. The molecule has 0 saturated carbocycles. The van der Waals surface area contributed by atoms with Crippen LogP contribution in [-0.2, 0) is 9.59 Å². The molecule has 18 heavy (non-hydrogen) atoms. The maximum Gasteiger partial charge on any atom is 0.246 e. The van der Waals surface area contributed by atoms with E-state index in [-0.39, 0.29) is 30.2 Å². The number of aromatic nitrogens is 1. The van der Waals surface area contributed by atoms with Gasteiger partial charge in [0.05, 0.1) is 17.5 Å². The summed E-state index contributed by atoms with van der Waals surface area (Å²) in [5, 5.41) is 6.16. The summed E-state index contributed by atoms with van der Waals surface area (Å²) in [5.74, 6) is 0.0688. The third kappa shape index (κ3) is 2.59. The van der Waals surface area contributed by atoms with Gasteiger partial charge in [0.15, 0.2) is 0 Å². The molecule has 2 heterocycles. The van der Waals surface area contributed by atoms with E-state index >= 15 is 0 Å². The fourth-order valence-electron chi connectivity index (χ4n) is 2.06. The van der Waals surface area contributed by atoms with Crippen molar-refractivity contribution in [3.05, 3.63) is 16.6 Å². The van der Waals surface area contributed by atoms with E-state index in [0.717, 1.165) is 5.01 Å². The summed E-state index contributed by atoms with van der Waals surface area (Å²) >= 11 is 1.61. The molecule has 0 spiro atoms. The maximum absolute atomic E-state index is 11.9. The van der Waals surface area contributed by atoms with Crippen molar-refractivity contribution >= 4 is 23.2 Å². The van der Waals surface area contributed by atoms with E-state index in [0.29, 0.717) is 13.1 Å². The smallest absolute Gasteiger partial charge is 0.246 e. The number of thiazole rings is 1. The highest BCUT2D eigenvalue weighted by Crippen LogP contribution is 2.18. The first-order valence-corrected chi connectivity index (χ1v) is 6.98. The highest BCUT2D eigenvalue weighted by atomic mass is 32.1. The molecular formula is C12H17N3O2S. The maximum atomic E-state index is 11.9. The fraction of sp³-hybridized carbons (Fsp3) is 0.583. The Morgan fingerprint density at radius 2 is 2.39 bits per heavy atom. The molecule has 0 radical (unpaired) electrons. The third-order valence-electron chi connectivity index (χ3n) is 3.10. The average Bonchev–Trinajstić information content (AvgIpc) is 2.95. The summed E-state index contributed by atoms with van der Waals surface area (Å²) < 4.78 is 0. The van der Waals surface area contributed by atoms with Crippen molar-refractivity contribution in [1.29, 1.82) is 0 Å². The number of imide groups is 1. The number of carbonyl (C=O) groups excluding carboxylic acids is 2. The van der Waals surface area contributed by atoms with Gasteiger partial charge in [-0.2, -0.15) is 0 Å². The van der Waals surface area contributed by atoms with Gasteiger partial charge in [-0.25, -0.2) is 4.98 Å². The van der Waals surface area contributed by atoms with Gasteiger partial charge in [-0.05, 0) is 6.92 Å². The standard InChI is InChI=1S/C12H17N3O2S/c1-3-15-10(16)6-9(12(15)17)14-7-8(2)11-13-4-5-18-11/h4-5,8-9,14H,3,6-7H2,1-2H3. The molecular weight excluding hydrogens is 250 g/mol. The molecule has 1 N–H and O–H groups in total. The van der Waals surface area contributed by atoms with Crippen LogP contribution < -0.4 is 5.32 Å². The Balaban J connectivity index is 1.88. The summed E-state index contributed by atoms with van der Waals surface area (Å²) in [4.78, 5) is 29.0. The minimum Gasteiger partial charge on any atom is -0.305 e. The van der Waals surface area contributed by atoms with Crippen LogP contribution in [0.25, 0.3) is 0 Å². The number of likely N-dealkylation sites (N-methyl/N-ethyl adjacent to an activating group) is 1. The lowest BCUT2D eigenvalue weighted by Gasteiger charge is -2.15. The zero-order valence-corrected chi connectivity index (χ0v) is 11.4. The summed E-state index contributed by atoms with van der Waals surface area (Å²) in [6.07, 6.45) is 2.05. The minimum absolute atomic E-state index is 0.0816. The van der Waals surface area contributed by atoms with E-state index in [4.69, 9.17) is 0 Å². The van der Waals surface area contributed by atoms with Crippen molar-refractivity contribution in [2.45, 2.75) is 32.2 Å². The zero-order chi connectivity index (χ0) is 13.1. The van der Waals surface area contributed by atoms with Crippen molar-refractivity contribution in [2.24, 2.45) is 0 Å². The molecule has 98 valence electrons. The summed E-state index contributed by atoms with van der Waals surface area (Å²) in [7, 11) is 0. The molecule has 1 aliphatic rings. The van der Waals surface area contributed by atoms with Gasteiger partial charge in [0.2, 0.25) is 11.8 Å². The highest BCUT2D eigenvalue weighted by Gasteiger charge is 2.37. The summed E-state index contributed by atoms with van der Waals surface area (Å²) in [5.41, 5.74) is 0. The molecule has 1 fully saturated rings. The minimum atomic E-state index is -0.361. The fourth-order valence-corrected chi connectivity index (χ4v) is 2.76. The quantitative estimate of drug-likeness (QED) is 0.808. The number of carbonyl (C=O) groups is 2. The zero-order valence-electron chi connectivity index (χ0n) is 10.5. The topological polar surface area (TPSA) is 62.3 Å². The lowest BCUT2D eigenvalue weighted by atomic mass is 10.1. The molecule has 2 unspecified atom stereocenters. The molecule has 1 aromatic rings. The Kier molecular flexibility index (Phi) is 4.08. The van der Waals surface area contributed by atoms with Crippen LogP contribution in [0.3, 0.4) is 0 Å². The molecule has 1 saturated heterocycles. The van der Waals surface area contributed by atoms with Crippen LogP contribution in [0.2, 0.25) is 0 Å². The first-order chi connectivity index (χ1) is 8.63. The monoisotopic (exact) mass is 267 g/mol. The van der Waals surface area contributed by atoms with Crippen molar-refractivity contribution in [1.82, 2.24) is 15.2 Å². The normalized spacial score (nSPS) is 21.7. The second kappa shape index (κ2) is 5.58. The molecule has 2 atom stereocenters. The van der Waals surface area contributed by atoms with Gasteiger partial charge in [-0.1, -0.05) is 6.92 Å². The highest BCUT2D eigenvalue weighted by molar-refractivity contribution is 7.09. The Morgan fingerprint density at radius 3 is 2.94 bits per heavy atom. The SMILES string of the molecule is CCN1C(=O)CC(NCC(C)c2nccs2)C1=O. The molecule has 0 aromatic carbocycles. The van der Waals surface area contributed by atoms with Gasteiger partial charge >= 0.3 is 0 Å². The van der Waals surface area contributed by atoms with Gasteiger partial charge in [0, 0.05) is 30.6 Å². The Hall–Kier alpha value is -1.27. The third-order valence-corrected chi connectivity index (χ3v) is 4.11. The Bertz CT molecular complexity index is 433. The van der Waals surface area contributed by atoms with Gasteiger partial charge in [0.25, 0.3) is 0 Å². The lowest BCUT2D eigenvalue weighted by molar-refractivity contribution is -0.138. The van der Waals surface area contributed by atoms with Crippen molar-refractivity contribution < 1.29 is 9.59 Å². The number of nitrogens with one attached hydrogen (secondary N) is 1. The van der Waals surface area contributed by atoms with E-state index in [2.05, 4.69) is 17.2 Å². The first-order valence-electron chi connectivity index (χ1n) is 6.10. The number of likely N-dealkylation sites (tertiary alicyclic amines) is 1. The number of rotatable bonds is 5. The Labute approximate surface area is 110 Å². The predicted octanol–water partition coefficient (Wildman–Crippen LogP) is 0.984. The molecule has 1 aromatic heterocycles. The average molecular weight is 267 g/mol. The number of nitrogens with zero attached hydrogens (tertiary/aromatic N) is 2. The molecule has 0 aliphatic carbocycles.